The van der Waals surface area contributed by atoms with E-state index in [-0.39, 0.29) is 0 Å². The van der Waals surface area contributed by atoms with Crippen molar-refractivity contribution in [2.75, 3.05) is 6.54 Å². The van der Waals surface area contributed by atoms with Gasteiger partial charge in [0.2, 0.25) is 0 Å². The van der Waals surface area contributed by atoms with E-state index in [1.807, 2.05) is 0 Å². The van der Waals surface area contributed by atoms with Gasteiger partial charge in [0.05, 0.1) is 0 Å². The van der Waals surface area contributed by atoms with E-state index >= 15 is 0 Å². The Labute approximate surface area is 91.5 Å². The van der Waals surface area contributed by atoms with Crippen molar-refractivity contribution in [3.8, 4) is 0 Å². The second kappa shape index (κ2) is 7.02. The lowest BCUT2D eigenvalue weighted by Crippen LogP contribution is -2.29. The largest absolute Gasteiger partial charge is 0.314 e. The van der Waals surface area contributed by atoms with Crippen LogP contribution in [0.2, 0.25) is 0 Å². The molecule has 1 aromatic rings. The molecule has 0 aliphatic rings. The number of thiophene rings is 1. The maximum atomic E-state index is 3.58. The lowest BCUT2D eigenvalue weighted by molar-refractivity contribution is 0.468. The summed E-state index contributed by atoms with van der Waals surface area (Å²) in [5.41, 5.74) is 1.49. The number of hydrogen-bond acceptors (Lipinski definition) is 2. The van der Waals surface area contributed by atoms with E-state index in [4.69, 9.17) is 0 Å². The molecule has 0 radical (unpaired) electrons. The van der Waals surface area contributed by atoms with Crippen molar-refractivity contribution in [1.29, 1.82) is 0 Å². The molecule has 0 aliphatic heterocycles. The molecule has 0 saturated carbocycles. The van der Waals surface area contributed by atoms with Gasteiger partial charge in [0, 0.05) is 6.04 Å². The molecule has 0 bridgehead atoms. The molecule has 0 aliphatic carbocycles. The van der Waals surface area contributed by atoms with Crippen LogP contribution in [0.4, 0.5) is 0 Å². The van der Waals surface area contributed by atoms with E-state index in [9.17, 15) is 0 Å². The van der Waals surface area contributed by atoms with Gasteiger partial charge >= 0.3 is 0 Å². The normalized spacial score (nSPS) is 13.0. The second-order valence-electron chi connectivity index (χ2n) is 3.73. The zero-order valence-electron chi connectivity index (χ0n) is 9.25. The fourth-order valence-corrected chi connectivity index (χ4v) is 2.28. The van der Waals surface area contributed by atoms with Crippen LogP contribution in [0.15, 0.2) is 16.8 Å². The Morgan fingerprint density at radius 3 is 2.86 bits per heavy atom. The number of rotatable bonds is 7. The zero-order chi connectivity index (χ0) is 10.2. The van der Waals surface area contributed by atoms with Crippen LogP contribution in [-0.2, 0) is 6.42 Å². The van der Waals surface area contributed by atoms with Gasteiger partial charge in [-0.15, -0.1) is 0 Å². The third-order valence-electron chi connectivity index (χ3n) is 2.54. The molecule has 0 spiro atoms. The summed E-state index contributed by atoms with van der Waals surface area (Å²) in [4.78, 5) is 0. The van der Waals surface area contributed by atoms with Crippen molar-refractivity contribution < 1.29 is 0 Å². The van der Waals surface area contributed by atoms with Crippen LogP contribution in [-0.4, -0.2) is 12.6 Å². The van der Waals surface area contributed by atoms with Gasteiger partial charge in [-0.1, -0.05) is 13.8 Å². The molecule has 14 heavy (non-hydrogen) atoms. The maximum Gasteiger partial charge on any atom is 0.00676 e. The summed E-state index contributed by atoms with van der Waals surface area (Å²) >= 11 is 1.80. The van der Waals surface area contributed by atoms with Gasteiger partial charge in [0.1, 0.15) is 0 Å². The third kappa shape index (κ3) is 4.25. The molecule has 0 amide bonds. The van der Waals surface area contributed by atoms with Crippen LogP contribution in [0.5, 0.6) is 0 Å². The third-order valence-corrected chi connectivity index (χ3v) is 3.27. The molecular formula is C12H21NS. The van der Waals surface area contributed by atoms with Gasteiger partial charge in [0.25, 0.3) is 0 Å². The lowest BCUT2D eigenvalue weighted by Gasteiger charge is -2.15. The quantitative estimate of drug-likeness (QED) is 0.728. The summed E-state index contributed by atoms with van der Waals surface area (Å²) in [7, 11) is 0. The molecule has 1 nitrogen and oxygen atoms in total. The Morgan fingerprint density at radius 2 is 2.29 bits per heavy atom. The summed E-state index contributed by atoms with van der Waals surface area (Å²) in [5, 5.41) is 8.00. The van der Waals surface area contributed by atoms with Crippen LogP contribution in [0.25, 0.3) is 0 Å². The Bertz CT molecular complexity index is 218. The van der Waals surface area contributed by atoms with Gasteiger partial charge < -0.3 is 5.32 Å². The molecule has 80 valence electrons. The van der Waals surface area contributed by atoms with Crippen LogP contribution in [0, 0.1) is 0 Å². The van der Waals surface area contributed by atoms with E-state index < -0.39 is 0 Å². The summed E-state index contributed by atoms with van der Waals surface area (Å²) in [6.07, 6.45) is 4.96. The topological polar surface area (TPSA) is 12.0 Å². The lowest BCUT2D eigenvalue weighted by atomic mass is 10.1. The van der Waals surface area contributed by atoms with Crippen LogP contribution < -0.4 is 5.32 Å². The Kier molecular flexibility index (Phi) is 5.88. The smallest absolute Gasteiger partial charge is 0.00676 e. The number of hydrogen-bond donors (Lipinski definition) is 1. The van der Waals surface area contributed by atoms with Crippen molar-refractivity contribution in [3.63, 3.8) is 0 Å². The highest BCUT2D eigenvalue weighted by Crippen LogP contribution is 2.10. The molecule has 0 saturated heterocycles. The number of aryl methyl sites for hydroxylation is 1. The first-order valence-corrected chi connectivity index (χ1v) is 6.55. The van der Waals surface area contributed by atoms with E-state index in [0.717, 1.165) is 6.54 Å². The molecule has 1 rings (SSSR count). The first-order chi connectivity index (χ1) is 6.86. The van der Waals surface area contributed by atoms with Crippen LogP contribution in [0.1, 0.15) is 38.7 Å². The fourth-order valence-electron chi connectivity index (χ4n) is 1.57. The maximum absolute atomic E-state index is 3.58. The average Bonchev–Trinajstić information content (AvgIpc) is 2.71. The fraction of sp³-hybridized carbons (Fsp3) is 0.667. The molecule has 0 aromatic carbocycles. The van der Waals surface area contributed by atoms with E-state index in [1.54, 1.807) is 11.3 Å². The van der Waals surface area contributed by atoms with Gasteiger partial charge in [-0.3, -0.25) is 0 Å². The van der Waals surface area contributed by atoms with E-state index in [2.05, 4.69) is 36.0 Å². The standard InChI is InChI=1S/C12H21NS/c1-3-8-13-12(4-2)6-5-11-7-9-14-10-11/h7,9-10,12-13H,3-6,8H2,1-2H3. The highest BCUT2D eigenvalue weighted by Gasteiger charge is 2.04. The Morgan fingerprint density at radius 1 is 1.43 bits per heavy atom. The summed E-state index contributed by atoms with van der Waals surface area (Å²) in [6.45, 7) is 5.64. The van der Waals surface area contributed by atoms with E-state index in [0.29, 0.717) is 6.04 Å². The molecule has 2 heteroatoms. The molecule has 0 fully saturated rings. The molecule has 1 heterocycles. The van der Waals surface area contributed by atoms with Crippen molar-refractivity contribution in [2.45, 2.75) is 45.6 Å². The van der Waals surface area contributed by atoms with Crippen LogP contribution in [0.3, 0.4) is 0 Å². The number of nitrogens with one attached hydrogen (secondary N) is 1. The highest BCUT2D eigenvalue weighted by molar-refractivity contribution is 7.07. The molecule has 1 aromatic heterocycles. The van der Waals surface area contributed by atoms with Crippen molar-refractivity contribution in [3.05, 3.63) is 22.4 Å². The average molecular weight is 211 g/mol. The van der Waals surface area contributed by atoms with Gasteiger partial charge in [-0.25, -0.2) is 0 Å². The van der Waals surface area contributed by atoms with Gasteiger partial charge in [-0.2, -0.15) is 11.3 Å². The predicted molar refractivity (Wildman–Crippen MR) is 65.0 cm³/mol. The molecule has 1 atom stereocenters. The minimum atomic E-state index is 0.704. The SMILES string of the molecule is CCCNC(CC)CCc1ccsc1. The first-order valence-electron chi connectivity index (χ1n) is 5.61. The van der Waals surface area contributed by atoms with Gasteiger partial charge in [-0.05, 0) is 54.6 Å². The van der Waals surface area contributed by atoms with E-state index in [1.165, 1.54) is 31.2 Å². The van der Waals surface area contributed by atoms with Crippen molar-refractivity contribution in [2.24, 2.45) is 0 Å². The predicted octanol–water partition coefficient (Wildman–Crippen LogP) is 3.46. The summed E-state index contributed by atoms with van der Waals surface area (Å²) in [5.74, 6) is 0. The van der Waals surface area contributed by atoms with Crippen molar-refractivity contribution >= 4 is 11.3 Å². The Hall–Kier alpha value is -0.340. The monoisotopic (exact) mass is 211 g/mol. The Balaban J connectivity index is 2.20. The summed E-state index contributed by atoms with van der Waals surface area (Å²) in [6, 6.07) is 2.94. The zero-order valence-corrected chi connectivity index (χ0v) is 10.1. The minimum absolute atomic E-state index is 0.704. The highest BCUT2D eigenvalue weighted by atomic mass is 32.1. The van der Waals surface area contributed by atoms with Gasteiger partial charge in [0.15, 0.2) is 0 Å². The molecule has 1 unspecified atom stereocenters. The van der Waals surface area contributed by atoms with Crippen molar-refractivity contribution in [1.82, 2.24) is 5.32 Å². The summed E-state index contributed by atoms with van der Waals surface area (Å²) < 4.78 is 0. The molecule has 1 N–H and O–H groups in total. The molecular weight excluding hydrogens is 190 g/mol. The first kappa shape index (κ1) is 11.7. The van der Waals surface area contributed by atoms with Crippen LogP contribution >= 0.6 is 11.3 Å². The minimum Gasteiger partial charge on any atom is -0.314 e. The second-order valence-corrected chi connectivity index (χ2v) is 4.51.